The largest absolute Gasteiger partial charge is 0.321 e. The van der Waals surface area contributed by atoms with Crippen LogP contribution in [0.15, 0.2) is 41.3 Å². The minimum atomic E-state index is -3.59. The van der Waals surface area contributed by atoms with Crippen molar-refractivity contribution in [2.75, 3.05) is 11.6 Å². The van der Waals surface area contributed by atoms with Crippen molar-refractivity contribution in [3.8, 4) is 0 Å². The lowest BCUT2D eigenvalue weighted by atomic mass is 10.1. The minimum Gasteiger partial charge on any atom is -0.321 e. The van der Waals surface area contributed by atoms with Gasteiger partial charge in [0, 0.05) is 17.9 Å². The molecule has 9 heteroatoms. The van der Waals surface area contributed by atoms with Crippen LogP contribution in [0, 0.1) is 17.0 Å². The van der Waals surface area contributed by atoms with Gasteiger partial charge in [-0.05, 0) is 31.2 Å². The van der Waals surface area contributed by atoms with Crippen LogP contribution >= 0.6 is 11.6 Å². The van der Waals surface area contributed by atoms with Crippen LogP contribution in [0.25, 0.3) is 0 Å². The van der Waals surface area contributed by atoms with E-state index in [1.807, 2.05) is 0 Å². The summed E-state index contributed by atoms with van der Waals surface area (Å²) in [6, 6.07) is 8.15. The number of nitro groups is 1. The molecule has 0 aromatic heterocycles. The molecular weight excluding hydrogens is 356 g/mol. The van der Waals surface area contributed by atoms with Crippen LogP contribution < -0.4 is 5.32 Å². The van der Waals surface area contributed by atoms with E-state index in [2.05, 4.69) is 5.32 Å². The highest BCUT2D eigenvalue weighted by Crippen LogP contribution is 2.27. The Balaban J connectivity index is 2.38. The van der Waals surface area contributed by atoms with E-state index in [0.29, 0.717) is 5.56 Å². The summed E-state index contributed by atoms with van der Waals surface area (Å²) in [4.78, 5) is 22.5. The number of sulfone groups is 1. The summed E-state index contributed by atoms with van der Waals surface area (Å²) in [5.74, 6) is -0.597. The molecule has 1 N–H and O–H groups in total. The highest BCUT2D eigenvalue weighted by Gasteiger charge is 2.18. The topological polar surface area (TPSA) is 106 Å². The maximum Gasteiger partial charge on any atom is 0.274 e. The Bertz CT molecular complexity index is 941. The van der Waals surface area contributed by atoms with Gasteiger partial charge in [-0.25, -0.2) is 8.42 Å². The monoisotopic (exact) mass is 368 g/mol. The molecule has 24 heavy (non-hydrogen) atoms. The highest BCUT2D eigenvalue weighted by molar-refractivity contribution is 7.90. The number of anilines is 1. The summed E-state index contributed by atoms with van der Waals surface area (Å²) in [5.41, 5.74) is 0.518. The Hall–Kier alpha value is -2.45. The van der Waals surface area contributed by atoms with Crippen molar-refractivity contribution in [2.24, 2.45) is 0 Å². The predicted molar refractivity (Wildman–Crippen MR) is 90.3 cm³/mol. The number of carbonyl (C=O) groups excluding carboxylic acids is 1. The summed E-state index contributed by atoms with van der Waals surface area (Å²) in [7, 11) is -3.59. The molecule has 0 bridgehead atoms. The third kappa shape index (κ3) is 3.72. The molecule has 7 nitrogen and oxygen atoms in total. The fourth-order valence-corrected chi connectivity index (χ4v) is 3.38. The summed E-state index contributed by atoms with van der Waals surface area (Å²) >= 11 is 5.84. The average molecular weight is 369 g/mol. The average Bonchev–Trinajstić information content (AvgIpc) is 2.48. The lowest BCUT2D eigenvalue weighted by molar-refractivity contribution is -0.385. The zero-order valence-electron chi connectivity index (χ0n) is 12.7. The van der Waals surface area contributed by atoms with Gasteiger partial charge < -0.3 is 5.32 Å². The Morgan fingerprint density at radius 2 is 1.92 bits per heavy atom. The van der Waals surface area contributed by atoms with Gasteiger partial charge in [0.15, 0.2) is 9.84 Å². The molecule has 0 saturated carbocycles. The molecule has 0 unspecified atom stereocenters. The predicted octanol–water partition coefficient (Wildman–Crippen LogP) is 3.21. The third-order valence-corrected chi connectivity index (χ3v) is 4.92. The number of nitrogens with one attached hydrogen (secondary N) is 1. The lowest BCUT2D eigenvalue weighted by Crippen LogP contribution is -2.14. The minimum absolute atomic E-state index is 0.0144. The van der Waals surface area contributed by atoms with Crippen molar-refractivity contribution in [1.29, 1.82) is 0 Å². The van der Waals surface area contributed by atoms with Crippen LogP contribution in [-0.4, -0.2) is 25.5 Å². The molecule has 1 amide bonds. The molecule has 2 aromatic carbocycles. The number of benzene rings is 2. The molecule has 0 fully saturated rings. The molecule has 0 atom stereocenters. The smallest absolute Gasteiger partial charge is 0.274 e. The van der Waals surface area contributed by atoms with E-state index in [1.54, 1.807) is 0 Å². The third-order valence-electron chi connectivity index (χ3n) is 3.34. The summed E-state index contributed by atoms with van der Waals surface area (Å²) in [6.07, 6.45) is 0.987. The van der Waals surface area contributed by atoms with E-state index < -0.39 is 20.7 Å². The van der Waals surface area contributed by atoms with Crippen LogP contribution in [0.1, 0.15) is 15.9 Å². The van der Waals surface area contributed by atoms with Crippen molar-refractivity contribution < 1.29 is 18.1 Å². The Morgan fingerprint density at radius 1 is 1.25 bits per heavy atom. The Kier molecular flexibility index (Phi) is 4.91. The number of hydrogen-bond donors (Lipinski definition) is 1. The molecular formula is C15H13ClN2O5S. The SMILES string of the molecule is Cc1c(NC(=O)c2ccc(Cl)c(S(C)(=O)=O)c2)cccc1[N+](=O)[O-]. The Labute approximate surface area is 143 Å². The number of nitrogens with zero attached hydrogens (tertiary/aromatic N) is 1. The summed E-state index contributed by atoms with van der Waals surface area (Å²) in [5, 5.41) is 13.5. The van der Waals surface area contributed by atoms with Crippen LogP contribution in [0.2, 0.25) is 5.02 Å². The number of halogens is 1. The van der Waals surface area contributed by atoms with E-state index >= 15 is 0 Å². The molecule has 0 aliphatic heterocycles. The summed E-state index contributed by atoms with van der Waals surface area (Å²) < 4.78 is 23.3. The van der Waals surface area contributed by atoms with Crippen molar-refractivity contribution in [1.82, 2.24) is 0 Å². The van der Waals surface area contributed by atoms with Gasteiger partial charge in [-0.1, -0.05) is 17.7 Å². The maximum absolute atomic E-state index is 12.3. The van der Waals surface area contributed by atoms with E-state index in [0.717, 1.165) is 6.26 Å². The number of nitro benzene ring substituents is 1. The molecule has 0 radical (unpaired) electrons. The zero-order chi connectivity index (χ0) is 18.1. The standard InChI is InChI=1S/C15H13ClN2O5S/c1-9-12(4-3-5-13(9)18(20)21)17-15(19)10-6-7-11(16)14(8-10)24(2,22)23/h3-8H,1-2H3,(H,17,19). The first-order valence-electron chi connectivity index (χ1n) is 6.66. The zero-order valence-corrected chi connectivity index (χ0v) is 14.3. The fraction of sp³-hybridized carbons (Fsp3) is 0.133. The van der Waals surface area contributed by atoms with Gasteiger partial charge in [0.2, 0.25) is 0 Å². The van der Waals surface area contributed by atoms with Crippen LogP contribution in [0.4, 0.5) is 11.4 Å². The second-order valence-electron chi connectivity index (χ2n) is 5.08. The maximum atomic E-state index is 12.3. The van der Waals surface area contributed by atoms with E-state index in [-0.39, 0.29) is 26.9 Å². The fourth-order valence-electron chi connectivity index (χ4n) is 2.08. The van der Waals surface area contributed by atoms with Crippen molar-refractivity contribution >= 4 is 38.7 Å². The van der Waals surface area contributed by atoms with E-state index in [9.17, 15) is 23.3 Å². The van der Waals surface area contributed by atoms with Gasteiger partial charge in [-0.3, -0.25) is 14.9 Å². The quantitative estimate of drug-likeness (QED) is 0.658. The molecule has 0 heterocycles. The number of rotatable bonds is 4. The van der Waals surface area contributed by atoms with Crippen molar-refractivity contribution in [3.63, 3.8) is 0 Å². The molecule has 0 aliphatic rings. The van der Waals surface area contributed by atoms with Crippen molar-refractivity contribution in [3.05, 3.63) is 62.7 Å². The van der Waals surface area contributed by atoms with Crippen molar-refractivity contribution in [2.45, 2.75) is 11.8 Å². The number of amides is 1. The van der Waals surface area contributed by atoms with E-state index in [4.69, 9.17) is 11.6 Å². The van der Waals surface area contributed by atoms with Crippen LogP contribution in [0.5, 0.6) is 0 Å². The van der Waals surface area contributed by atoms with Gasteiger partial charge in [0.25, 0.3) is 11.6 Å². The second kappa shape index (κ2) is 6.58. The normalized spacial score (nSPS) is 11.1. The molecule has 0 saturated heterocycles. The van der Waals surface area contributed by atoms with Crippen LogP contribution in [0.3, 0.4) is 0 Å². The van der Waals surface area contributed by atoms with Gasteiger partial charge in [0.05, 0.1) is 26.1 Å². The molecule has 2 aromatic rings. The molecule has 126 valence electrons. The summed E-state index contributed by atoms with van der Waals surface area (Å²) in [6.45, 7) is 1.51. The van der Waals surface area contributed by atoms with E-state index in [1.165, 1.54) is 43.3 Å². The molecule has 2 rings (SSSR count). The Morgan fingerprint density at radius 3 is 2.50 bits per heavy atom. The highest BCUT2D eigenvalue weighted by atomic mass is 35.5. The van der Waals surface area contributed by atoms with Gasteiger partial charge in [-0.2, -0.15) is 0 Å². The van der Waals surface area contributed by atoms with Gasteiger partial charge >= 0.3 is 0 Å². The first-order valence-corrected chi connectivity index (χ1v) is 8.93. The van der Waals surface area contributed by atoms with Gasteiger partial charge in [-0.15, -0.1) is 0 Å². The molecule has 0 aliphatic carbocycles. The van der Waals surface area contributed by atoms with Gasteiger partial charge in [0.1, 0.15) is 0 Å². The lowest BCUT2D eigenvalue weighted by Gasteiger charge is -2.10. The molecule has 0 spiro atoms. The second-order valence-corrected chi connectivity index (χ2v) is 7.47. The first kappa shape index (κ1) is 17.9. The van der Waals surface area contributed by atoms with Crippen LogP contribution in [-0.2, 0) is 9.84 Å². The number of hydrogen-bond acceptors (Lipinski definition) is 5. The number of carbonyl (C=O) groups is 1. The first-order chi connectivity index (χ1) is 11.1.